The SMILES string of the molecule is CCOC(=O)C1CCN(c2ncnc(N3CCc4[nH]c5c(F)cccc5c4C3)c2[N+](=O)[O-])CC1. The zero-order chi connectivity index (χ0) is 23.8. The van der Waals surface area contributed by atoms with E-state index >= 15 is 0 Å². The summed E-state index contributed by atoms with van der Waals surface area (Å²) in [6.45, 7) is 3.92. The van der Waals surface area contributed by atoms with Crippen molar-refractivity contribution in [2.75, 3.05) is 36.0 Å². The third kappa shape index (κ3) is 3.80. The number of hydrogen-bond donors (Lipinski definition) is 1. The largest absolute Gasteiger partial charge is 0.466 e. The number of para-hydroxylation sites is 1. The van der Waals surface area contributed by atoms with Crippen LogP contribution in [-0.4, -0.2) is 52.1 Å². The van der Waals surface area contributed by atoms with Crippen LogP contribution in [0.15, 0.2) is 24.5 Å². The van der Waals surface area contributed by atoms with Crippen LogP contribution in [0.4, 0.5) is 21.7 Å². The first-order valence-corrected chi connectivity index (χ1v) is 11.4. The van der Waals surface area contributed by atoms with Crippen molar-refractivity contribution in [2.45, 2.75) is 32.7 Å². The van der Waals surface area contributed by atoms with E-state index in [4.69, 9.17) is 4.74 Å². The lowest BCUT2D eigenvalue weighted by Gasteiger charge is -2.32. The van der Waals surface area contributed by atoms with Gasteiger partial charge in [-0.25, -0.2) is 14.4 Å². The molecular weight excluding hydrogens is 443 g/mol. The molecule has 1 fully saturated rings. The summed E-state index contributed by atoms with van der Waals surface area (Å²) in [5, 5.41) is 13.0. The van der Waals surface area contributed by atoms with Crippen LogP contribution in [0.5, 0.6) is 0 Å². The van der Waals surface area contributed by atoms with Crippen molar-refractivity contribution < 1.29 is 18.8 Å². The number of nitrogens with zero attached hydrogens (tertiary/aromatic N) is 5. The normalized spacial score (nSPS) is 16.5. The van der Waals surface area contributed by atoms with Gasteiger partial charge in [0.2, 0.25) is 11.6 Å². The predicted molar refractivity (Wildman–Crippen MR) is 123 cm³/mol. The number of halogens is 1. The van der Waals surface area contributed by atoms with Gasteiger partial charge in [-0.1, -0.05) is 12.1 Å². The first-order valence-electron chi connectivity index (χ1n) is 11.4. The molecule has 0 unspecified atom stereocenters. The quantitative estimate of drug-likeness (QED) is 0.344. The van der Waals surface area contributed by atoms with Crippen LogP contribution in [0.3, 0.4) is 0 Å². The summed E-state index contributed by atoms with van der Waals surface area (Å²) in [4.78, 5) is 39.2. The molecule has 0 amide bonds. The van der Waals surface area contributed by atoms with Crippen molar-refractivity contribution in [2.24, 2.45) is 5.92 Å². The molecule has 2 aliphatic rings. The van der Waals surface area contributed by atoms with E-state index in [0.29, 0.717) is 57.6 Å². The number of H-pyrrole nitrogens is 1. The molecule has 0 saturated carbocycles. The van der Waals surface area contributed by atoms with Gasteiger partial charge in [-0.3, -0.25) is 14.9 Å². The first-order chi connectivity index (χ1) is 16.5. The smallest absolute Gasteiger partial charge is 0.353 e. The van der Waals surface area contributed by atoms with Crippen molar-refractivity contribution >= 4 is 34.2 Å². The van der Waals surface area contributed by atoms with E-state index < -0.39 is 4.92 Å². The van der Waals surface area contributed by atoms with Crippen LogP contribution in [0, 0.1) is 21.8 Å². The van der Waals surface area contributed by atoms with Gasteiger partial charge in [0.1, 0.15) is 12.1 Å². The summed E-state index contributed by atoms with van der Waals surface area (Å²) >= 11 is 0. The monoisotopic (exact) mass is 468 g/mol. The minimum Gasteiger partial charge on any atom is -0.466 e. The first kappa shape index (κ1) is 22.1. The number of anilines is 2. The van der Waals surface area contributed by atoms with Crippen molar-refractivity contribution in [3.8, 4) is 0 Å². The minimum atomic E-state index is -0.438. The summed E-state index contributed by atoms with van der Waals surface area (Å²) in [5.74, 6) is -0.245. The number of ether oxygens (including phenoxy) is 1. The number of nitro groups is 1. The second-order valence-electron chi connectivity index (χ2n) is 8.56. The van der Waals surface area contributed by atoms with Gasteiger partial charge in [0.05, 0.1) is 23.0 Å². The zero-order valence-corrected chi connectivity index (χ0v) is 18.8. The Morgan fingerprint density at radius 3 is 2.68 bits per heavy atom. The number of esters is 1. The lowest BCUT2D eigenvalue weighted by molar-refractivity contribution is -0.383. The zero-order valence-electron chi connectivity index (χ0n) is 18.8. The van der Waals surface area contributed by atoms with Crippen LogP contribution in [0.1, 0.15) is 31.0 Å². The molecule has 10 nitrogen and oxygen atoms in total. The van der Waals surface area contributed by atoms with Gasteiger partial charge < -0.3 is 19.5 Å². The van der Waals surface area contributed by atoms with Crippen LogP contribution < -0.4 is 9.80 Å². The highest BCUT2D eigenvalue weighted by molar-refractivity contribution is 5.86. The molecule has 0 spiro atoms. The van der Waals surface area contributed by atoms with E-state index in [1.165, 1.54) is 12.4 Å². The van der Waals surface area contributed by atoms with Crippen molar-refractivity contribution in [3.63, 3.8) is 0 Å². The Morgan fingerprint density at radius 2 is 1.97 bits per heavy atom. The number of fused-ring (bicyclic) bond motifs is 3. The number of nitrogens with one attached hydrogen (secondary N) is 1. The number of rotatable bonds is 5. The molecule has 5 rings (SSSR count). The van der Waals surface area contributed by atoms with Gasteiger partial charge in [0.25, 0.3) is 0 Å². The van der Waals surface area contributed by atoms with Gasteiger partial charge >= 0.3 is 11.7 Å². The molecule has 0 radical (unpaired) electrons. The molecule has 4 heterocycles. The molecule has 1 aromatic carbocycles. The fourth-order valence-corrected chi connectivity index (χ4v) is 4.96. The molecule has 3 aromatic rings. The highest BCUT2D eigenvalue weighted by Gasteiger charge is 2.35. The van der Waals surface area contributed by atoms with Crippen LogP contribution in [0.2, 0.25) is 0 Å². The number of carbonyl (C=O) groups is 1. The van der Waals surface area contributed by atoms with E-state index in [9.17, 15) is 19.3 Å². The number of hydrogen-bond acceptors (Lipinski definition) is 8. The molecule has 11 heteroatoms. The summed E-state index contributed by atoms with van der Waals surface area (Å²) in [7, 11) is 0. The van der Waals surface area contributed by atoms with E-state index in [1.807, 2.05) is 15.9 Å². The van der Waals surface area contributed by atoms with Crippen LogP contribution >= 0.6 is 0 Å². The number of benzene rings is 1. The maximum absolute atomic E-state index is 14.3. The molecule has 1 N–H and O–H groups in total. The molecule has 34 heavy (non-hydrogen) atoms. The van der Waals surface area contributed by atoms with Crippen LogP contribution in [-0.2, 0) is 22.5 Å². The summed E-state index contributed by atoms with van der Waals surface area (Å²) in [6, 6.07) is 4.93. The van der Waals surface area contributed by atoms with Gasteiger partial charge in [-0.05, 0) is 25.8 Å². The molecular formula is C23H25FN6O4. The Kier molecular flexibility index (Phi) is 5.76. The second kappa shape index (κ2) is 8.88. The second-order valence-corrected chi connectivity index (χ2v) is 8.56. The molecule has 0 bridgehead atoms. The summed E-state index contributed by atoms with van der Waals surface area (Å²) in [6.07, 6.45) is 3.02. The number of aromatic amines is 1. The molecule has 178 valence electrons. The molecule has 0 aliphatic carbocycles. The Hall–Kier alpha value is -3.76. The van der Waals surface area contributed by atoms with Gasteiger partial charge in [-0.15, -0.1) is 0 Å². The van der Waals surface area contributed by atoms with Gasteiger partial charge in [-0.2, -0.15) is 0 Å². The van der Waals surface area contributed by atoms with E-state index in [2.05, 4.69) is 15.0 Å². The third-order valence-electron chi connectivity index (χ3n) is 6.64. The Bertz CT molecular complexity index is 1250. The lowest BCUT2D eigenvalue weighted by atomic mass is 9.97. The molecule has 2 aromatic heterocycles. The maximum atomic E-state index is 14.3. The highest BCUT2D eigenvalue weighted by atomic mass is 19.1. The molecule has 0 atom stereocenters. The van der Waals surface area contributed by atoms with Gasteiger partial charge in [0, 0.05) is 49.2 Å². The Morgan fingerprint density at radius 1 is 1.24 bits per heavy atom. The van der Waals surface area contributed by atoms with Crippen LogP contribution in [0.25, 0.3) is 10.9 Å². The average Bonchev–Trinajstić information content (AvgIpc) is 3.23. The highest BCUT2D eigenvalue weighted by Crippen LogP contribution is 2.39. The fourth-order valence-electron chi connectivity index (χ4n) is 4.96. The maximum Gasteiger partial charge on any atom is 0.353 e. The Labute approximate surface area is 194 Å². The number of piperidine rings is 1. The summed E-state index contributed by atoms with van der Waals surface area (Å²) in [5.41, 5.74) is 2.17. The standard InChI is InChI=1S/C23H25FN6O4/c1-2-34-23(31)14-6-9-28(10-7-14)21-20(30(32)33)22(26-13-25-21)29-11-8-18-16(12-29)15-4-3-5-17(24)19(15)27-18/h3-5,13-14,27H,2,6-12H2,1H3. The fraction of sp³-hybridized carbons (Fsp3) is 0.435. The van der Waals surface area contributed by atoms with E-state index in [1.54, 1.807) is 13.0 Å². The van der Waals surface area contributed by atoms with Gasteiger partial charge in [0.15, 0.2) is 0 Å². The number of carbonyl (C=O) groups excluding carboxylic acids is 1. The number of aromatic nitrogens is 3. The van der Waals surface area contributed by atoms with Crippen molar-refractivity contribution in [3.05, 3.63) is 51.7 Å². The Balaban J connectivity index is 1.43. The summed E-state index contributed by atoms with van der Waals surface area (Å²) < 4.78 is 19.4. The topological polar surface area (TPSA) is 117 Å². The lowest BCUT2D eigenvalue weighted by Crippen LogP contribution is -2.38. The average molecular weight is 468 g/mol. The minimum absolute atomic E-state index is 0.147. The van der Waals surface area contributed by atoms with Crippen molar-refractivity contribution in [1.29, 1.82) is 0 Å². The predicted octanol–water partition coefficient (Wildman–Crippen LogP) is 3.35. The van der Waals surface area contributed by atoms with Crippen molar-refractivity contribution in [1.82, 2.24) is 15.0 Å². The van der Waals surface area contributed by atoms with E-state index in [-0.39, 0.29) is 35.0 Å². The van der Waals surface area contributed by atoms with E-state index in [0.717, 1.165) is 16.6 Å². The molecule has 2 aliphatic heterocycles. The third-order valence-corrected chi connectivity index (χ3v) is 6.64. The molecule has 1 saturated heterocycles.